The van der Waals surface area contributed by atoms with E-state index in [9.17, 15) is 9.59 Å². The Morgan fingerprint density at radius 3 is 1.96 bits per heavy atom. The van der Waals surface area contributed by atoms with Crippen molar-refractivity contribution in [1.82, 2.24) is 0 Å². The van der Waals surface area contributed by atoms with Gasteiger partial charge in [0.1, 0.15) is 0 Å². The third-order valence-corrected chi connectivity index (χ3v) is 4.51. The number of hydrogen-bond acceptors (Lipinski definition) is 6. The Kier molecular flexibility index (Phi) is 7.31. The second-order valence-corrected chi connectivity index (χ2v) is 7.61. The standard InChI is InChI=1S/C18H31BO6/c1-6-7-8-9-13-10-14(13)19-24-15(17(20)22-11(2)3)16(25-19)18(21)23-12(4)5/h11-16H,6-10H2,1-5H3/t13-,14-,15?,16?/m1/s1. The van der Waals surface area contributed by atoms with Crippen LogP contribution in [0.15, 0.2) is 0 Å². The van der Waals surface area contributed by atoms with E-state index in [2.05, 4.69) is 6.92 Å². The second kappa shape index (κ2) is 9.03. The highest BCUT2D eigenvalue weighted by Gasteiger charge is 2.58. The molecule has 1 aliphatic heterocycles. The van der Waals surface area contributed by atoms with E-state index < -0.39 is 31.3 Å². The molecule has 7 heteroatoms. The van der Waals surface area contributed by atoms with Crippen LogP contribution in [0.2, 0.25) is 5.82 Å². The summed E-state index contributed by atoms with van der Waals surface area (Å²) in [6, 6.07) is 0. The molecule has 0 bridgehead atoms. The molecule has 4 atom stereocenters. The van der Waals surface area contributed by atoms with Crippen molar-refractivity contribution in [2.24, 2.45) is 5.92 Å². The topological polar surface area (TPSA) is 71.1 Å². The van der Waals surface area contributed by atoms with Crippen molar-refractivity contribution >= 4 is 19.1 Å². The van der Waals surface area contributed by atoms with Gasteiger partial charge in [-0.2, -0.15) is 0 Å². The second-order valence-electron chi connectivity index (χ2n) is 7.61. The smallest absolute Gasteiger partial charge is 0.461 e. The Bertz CT molecular complexity index is 436. The molecule has 142 valence electrons. The van der Waals surface area contributed by atoms with Gasteiger partial charge in [0.15, 0.2) is 12.2 Å². The SMILES string of the molecule is CCCCC[C@@H]1C[C@H]1B1OC(C(=O)OC(C)C)C(C(=O)OC(C)C)O1. The van der Waals surface area contributed by atoms with Crippen molar-refractivity contribution in [1.29, 1.82) is 0 Å². The van der Waals surface area contributed by atoms with Crippen LogP contribution in [0.5, 0.6) is 0 Å². The van der Waals surface area contributed by atoms with E-state index in [1.54, 1.807) is 27.7 Å². The van der Waals surface area contributed by atoms with Crippen LogP contribution in [0, 0.1) is 5.92 Å². The summed E-state index contributed by atoms with van der Waals surface area (Å²) < 4.78 is 22.0. The van der Waals surface area contributed by atoms with Gasteiger partial charge in [-0.1, -0.05) is 32.6 Å². The maximum Gasteiger partial charge on any atom is 0.461 e. The Hall–Kier alpha value is -1.08. The molecule has 0 N–H and O–H groups in total. The molecule has 0 spiro atoms. The van der Waals surface area contributed by atoms with Crippen molar-refractivity contribution in [3.05, 3.63) is 0 Å². The maximum atomic E-state index is 12.3. The summed E-state index contributed by atoms with van der Waals surface area (Å²) in [7, 11) is -0.527. The summed E-state index contributed by atoms with van der Waals surface area (Å²) in [6.45, 7) is 9.23. The molecule has 2 unspecified atom stereocenters. The van der Waals surface area contributed by atoms with Crippen molar-refractivity contribution < 1.29 is 28.4 Å². The van der Waals surface area contributed by atoms with Gasteiger partial charge in [-0.15, -0.1) is 0 Å². The van der Waals surface area contributed by atoms with Crippen LogP contribution in [0.3, 0.4) is 0 Å². The van der Waals surface area contributed by atoms with E-state index in [-0.39, 0.29) is 18.0 Å². The summed E-state index contributed by atoms with van der Waals surface area (Å²) in [4.78, 5) is 24.6. The highest BCUT2D eigenvalue weighted by Crippen LogP contribution is 2.52. The third kappa shape index (κ3) is 5.71. The van der Waals surface area contributed by atoms with Crippen LogP contribution in [-0.2, 0) is 28.4 Å². The highest BCUT2D eigenvalue weighted by molar-refractivity contribution is 6.49. The first kappa shape index (κ1) is 20.2. The fourth-order valence-corrected chi connectivity index (χ4v) is 3.22. The monoisotopic (exact) mass is 354 g/mol. The van der Waals surface area contributed by atoms with E-state index in [1.807, 2.05) is 0 Å². The molecule has 1 aliphatic carbocycles. The first-order valence-electron chi connectivity index (χ1n) is 9.55. The fourth-order valence-electron chi connectivity index (χ4n) is 3.22. The molecule has 25 heavy (non-hydrogen) atoms. The number of hydrogen-bond donors (Lipinski definition) is 0. The van der Waals surface area contributed by atoms with Crippen LogP contribution < -0.4 is 0 Å². The molecular weight excluding hydrogens is 323 g/mol. The minimum atomic E-state index is -1.05. The zero-order valence-corrected chi connectivity index (χ0v) is 16.0. The molecule has 0 aromatic heterocycles. The number of ether oxygens (including phenoxy) is 2. The van der Waals surface area contributed by atoms with E-state index in [0.29, 0.717) is 5.92 Å². The van der Waals surface area contributed by atoms with Gasteiger partial charge < -0.3 is 18.8 Å². The molecule has 0 amide bonds. The number of unbranched alkanes of at least 4 members (excludes halogenated alkanes) is 2. The lowest BCUT2D eigenvalue weighted by atomic mass is 9.80. The van der Waals surface area contributed by atoms with E-state index in [1.165, 1.54) is 19.3 Å². The Morgan fingerprint density at radius 1 is 1.00 bits per heavy atom. The van der Waals surface area contributed by atoms with Crippen LogP contribution in [0.4, 0.5) is 0 Å². The first-order valence-corrected chi connectivity index (χ1v) is 9.55. The Morgan fingerprint density at radius 2 is 1.52 bits per heavy atom. The summed E-state index contributed by atoms with van der Waals surface area (Å²) in [5.74, 6) is -0.320. The molecule has 1 saturated heterocycles. The quantitative estimate of drug-likeness (QED) is 0.360. The summed E-state index contributed by atoms with van der Waals surface area (Å²) >= 11 is 0. The molecular formula is C18H31BO6. The summed E-state index contributed by atoms with van der Waals surface area (Å²) in [6.07, 6.45) is 3.13. The first-order chi connectivity index (χ1) is 11.8. The van der Waals surface area contributed by atoms with Gasteiger partial charge in [0.05, 0.1) is 12.2 Å². The molecule has 1 heterocycles. The van der Waals surface area contributed by atoms with E-state index in [4.69, 9.17) is 18.8 Å². The Balaban J connectivity index is 1.96. The van der Waals surface area contributed by atoms with Crippen LogP contribution >= 0.6 is 0 Å². The third-order valence-electron chi connectivity index (χ3n) is 4.51. The zero-order chi connectivity index (χ0) is 18.6. The lowest BCUT2D eigenvalue weighted by Crippen LogP contribution is -2.40. The molecule has 0 radical (unpaired) electrons. The van der Waals surface area contributed by atoms with Crippen molar-refractivity contribution in [3.8, 4) is 0 Å². The van der Waals surface area contributed by atoms with Gasteiger partial charge in [0.25, 0.3) is 0 Å². The average molecular weight is 354 g/mol. The van der Waals surface area contributed by atoms with E-state index >= 15 is 0 Å². The summed E-state index contributed by atoms with van der Waals surface area (Å²) in [5, 5.41) is 0. The van der Waals surface area contributed by atoms with Crippen LogP contribution in [-0.4, -0.2) is 43.5 Å². The highest BCUT2D eigenvalue weighted by atomic mass is 16.7. The summed E-state index contributed by atoms with van der Waals surface area (Å²) in [5.41, 5.74) is 0. The van der Waals surface area contributed by atoms with Crippen molar-refractivity contribution in [2.75, 3.05) is 0 Å². The molecule has 1 saturated carbocycles. The zero-order valence-electron chi connectivity index (χ0n) is 16.0. The van der Waals surface area contributed by atoms with E-state index in [0.717, 1.165) is 12.8 Å². The van der Waals surface area contributed by atoms with Gasteiger partial charge in [-0.3, -0.25) is 0 Å². The van der Waals surface area contributed by atoms with Crippen LogP contribution in [0.1, 0.15) is 66.7 Å². The van der Waals surface area contributed by atoms with Gasteiger partial charge in [0.2, 0.25) is 0 Å². The van der Waals surface area contributed by atoms with Crippen molar-refractivity contribution in [2.45, 2.75) is 97.0 Å². The number of carbonyl (C=O) groups is 2. The molecule has 2 fully saturated rings. The number of esters is 2. The fraction of sp³-hybridized carbons (Fsp3) is 0.889. The molecule has 2 aliphatic rings. The largest absolute Gasteiger partial charge is 0.461 e. The average Bonchev–Trinajstić information content (AvgIpc) is 3.13. The molecule has 0 aromatic carbocycles. The minimum Gasteiger partial charge on any atom is -0.461 e. The minimum absolute atomic E-state index is 0.253. The van der Waals surface area contributed by atoms with Gasteiger partial charge >= 0.3 is 19.1 Å². The normalized spacial score (nSPS) is 28.5. The number of carbonyl (C=O) groups excluding carboxylic acids is 2. The van der Waals surface area contributed by atoms with Gasteiger partial charge in [-0.05, 0) is 45.9 Å². The lowest BCUT2D eigenvalue weighted by molar-refractivity contribution is -0.167. The van der Waals surface area contributed by atoms with Crippen molar-refractivity contribution in [3.63, 3.8) is 0 Å². The number of rotatable bonds is 9. The molecule has 6 nitrogen and oxygen atoms in total. The van der Waals surface area contributed by atoms with Gasteiger partial charge in [0, 0.05) is 0 Å². The predicted octanol–water partition coefficient (Wildman–Crippen LogP) is 3.13. The van der Waals surface area contributed by atoms with Gasteiger partial charge in [-0.25, -0.2) is 9.59 Å². The maximum absolute atomic E-state index is 12.3. The van der Waals surface area contributed by atoms with Crippen LogP contribution in [0.25, 0.3) is 0 Å². The Labute approximate surface area is 151 Å². The predicted molar refractivity (Wildman–Crippen MR) is 94.0 cm³/mol. The molecule has 2 rings (SSSR count). The molecule has 0 aromatic rings. The lowest BCUT2D eigenvalue weighted by Gasteiger charge is -2.18.